The number of nitrogens with one attached hydrogen (secondary N) is 2. The third-order valence-electron chi connectivity index (χ3n) is 5.41. The Kier molecular flexibility index (Phi) is 5.73. The molecule has 2 aromatic heterocycles. The number of benzene rings is 2. The van der Waals surface area contributed by atoms with Gasteiger partial charge in [-0.1, -0.05) is 42.5 Å². The molecule has 2 heterocycles. The highest BCUT2D eigenvalue weighted by Gasteiger charge is 2.20. The topological polar surface area (TPSA) is 88.9 Å². The smallest absolute Gasteiger partial charge is 0.256 e. The van der Waals surface area contributed by atoms with Crippen LogP contribution in [0.25, 0.3) is 11.0 Å². The summed E-state index contributed by atoms with van der Waals surface area (Å²) in [6.45, 7) is 5.61. The molecule has 0 saturated carbocycles. The van der Waals surface area contributed by atoms with Gasteiger partial charge in [-0.15, -0.1) is 0 Å². The number of nitrogens with zero attached hydrogens (tertiary/aromatic N) is 3. The molecule has 162 valence electrons. The maximum Gasteiger partial charge on any atom is 0.256 e. The summed E-state index contributed by atoms with van der Waals surface area (Å²) in [4.78, 5) is 30.8. The van der Waals surface area contributed by atoms with Crippen molar-refractivity contribution in [1.29, 1.82) is 0 Å². The van der Waals surface area contributed by atoms with Gasteiger partial charge in [-0.25, -0.2) is 4.98 Å². The first-order chi connectivity index (χ1) is 15.3. The van der Waals surface area contributed by atoms with E-state index in [1.54, 1.807) is 42.1 Å². The molecule has 2 N–H and O–H groups in total. The second-order valence-electron chi connectivity index (χ2n) is 7.82. The summed E-state index contributed by atoms with van der Waals surface area (Å²) in [5.74, 6) is -0.571. The number of amides is 2. The van der Waals surface area contributed by atoms with E-state index in [1.807, 2.05) is 51.1 Å². The van der Waals surface area contributed by atoms with Crippen molar-refractivity contribution in [2.45, 2.75) is 26.8 Å². The van der Waals surface area contributed by atoms with Crippen LogP contribution in [0, 0.1) is 13.8 Å². The first-order valence-corrected chi connectivity index (χ1v) is 10.4. The van der Waals surface area contributed by atoms with Crippen LogP contribution in [0.1, 0.15) is 50.6 Å². The van der Waals surface area contributed by atoms with Crippen LogP contribution < -0.4 is 10.6 Å². The Labute approximate surface area is 186 Å². The monoisotopic (exact) mass is 427 g/mol. The molecule has 0 saturated heterocycles. The van der Waals surface area contributed by atoms with E-state index in [2.05, 4.69) is 20.7 Å². The van der Waals surface area contributed by atoms with Gasteiger partial charge in [0.1, 0.15) is 0 Å². The van der Waals surface area contributed by atoms with Gasteiger partial charge in [-0.3, -0.25) is 14.3 Å². The minimum atomic E-state index is -0.312. The van der Waals surface area contributed by atoms with E-state index < -0.39 is 0 Å². The van der Waals surface area contributed by atoms with Crippen molar-refractivity contribution in [2.75, 3.05) is 5.32 Å². The third-order valence-corrected chi connectivity index (χ3v) is 5.41. The van der Waals surface area contributed by atoms with Gasteiger partial charge in [0.25, 0.3) is 11.8 Å². The van der Waals surface area contributed by atoms with Crippen molar-refractivity contribution in [3.8, 4) is 0 Å². The van der Waals surface area contributed by atoms with Gasteiger partial charge in [0.15, 0.2) is 5.65 Å². The Hall–Kier alpha value is -4.00. The Morgan fingerprint density at radius 2 is 1.62 bits per heavy atom. The quantitative estimate of drug-likeness (QED) is 0.496. The lowest BCUT2D eigenvalue weighted by atomic mass is 10.1. The van der Waals surface area contributed by atoms with Crippen LogP contribution in [0.3, 0.4) is 0 Å². The predicted molar refractivity (Wildman–Crippen MR) is 125 cm³/mol. The summed E-state index contributed by atoms with van der Waals surface area (Å²) in [6, 6.07) is 18.3. The first kappa shape index (κ1) is 21.2. The van der Waals surface area contributed by atoms with E-state index in [0.717, 1.165) is 11.3 Å². The molecule has 0 unspecified atom stereocenters. The fraction of sp³-hybridized carbons (Fsp3) is 0.200. The number of pyridine rings is 1. The lowest BCUT2D eigenvalue weighted by Crippen LogP contribution is -2.28. The zero-order chi connectivity index (χ0) is 22.8. The van der Waals surface area contributed by atoms with E-state index in [-0.39, 0.29) is 17.9 Å². The molecule has 0 radical (unpaired) electrons. The van der Waals surface area contributed by atoms with E-state index in [9.17, 15) is 9.59 Å². The molecule has 0 aliphatic carbocycles. The van der Waals surface area contributed by atoms with Crippen molar-refractivity contribution in [3.05, 3.63) is 88.7 Å². The molecule has 0 aliphatic rings. The summed E-state index contributed by atoms with van der Waals surface area (Å²) >= 11 is 0. The van der Waals surface area contributed by atoms with Gasteiger partial charge in [0.05, 0.1) is 33.9 Å². The number of aromatic nitrogens is 3. The summed E-state index contributed by atoms with van der Waals surface area (Å²) in [6.07, 6.45) is 0. The molecule has 4 rings (SSSR count). The van der Waals surface area contributed by atoms with Crippen LogP contribution in [0.2, 0.25) is 0 Å². The van der Waals surface area contributed by atoms with E-state index in [4.69, 9.17) is 0 Å². The largest absolute Gasteiger partial charge is 0.345 e. The SMILES string of the molecule is Cc1cc(C(=O)Nc2ccccc2C(=O)N[C@H](C)c2ccccc2)c2c(C)nn(C)c2n1. The zero-order valence-corrected chi connectivity index (χ0v) is 18.5. The van der Waals surface area contributed by atoms with Gasteiger partial charge < -0.3 is 10.6 Å². The second kappa shape index (κ2) is 8.63. The normalized spacial score (nSPS) is 11.9. The first-order valence-electron chi connectivity index (χ1n) is 10.4. The molecule has 0 aliphatic heterocycles. The molecule has 1 atom stereocenters. The molecule has 2 aromatic carbocycles. The van der Waals surface area contributed by atoms with Crippen LogP contribution >= 0.6 is 0 Å². The van der Waals surface area contributed by atoms with E-state index >= 15 is 0 Å². The fourth-order valence-corrected chi connectivity index (χ4v) is 3.83. The summed E-state index contributed by atoms with van der Waals surface area (Å²) in [5.41, 5.74) is 4.41. The summed E-state index contributed by atoms with van der Waals surface area (Å²) in [5, 5.41) is 11.0. The van der Waals surface area contributed by atoms with Crippen molar-refractivity contribution in [3.63, 3.8) is 0 Å². The Bertz CT molecular complexity index is 1310. The molecule has 0 spiro atoms. The Balaban J connectivity index is 1.62. The number of carbonyl (C=O) groups excluding carboxylic acids is 2. The van der Waals surface area contributed by atoms with Crippen molar-refractivity contribution in [1.82, 2.24) is 20.1 Å². The van der Waals surface area contributed by atoms with Crippen LogP contribution in [0.5, 0.6) is 0 Å². The highest BCUT2D eigenvalue weighted by atomic mass is 16.2. The van der Waals surface area contributed by atoms with Gasteiger partial charge in [-0.05, 0) is 44.5 Å². The van der Waals surface area contributed by atoms with E-state index in [1.165, 1.54) is 0 Å². The van der Waals surface area contributed by atoms with Gasteiger partial charge in [0, 0.05) is 12.7 Å². The molecular formula is C25H25N5O2. The van der Waals surface area contributed by atoms with Crippen molar-refractivity contribution in [2.24, 2.45) is 7.05 Å². The van der Waals surface area contributed by atoms with Crippen LogP contribution in [-0.2, 0) is 7.05 Å². The molecule has 0 fully saturated rings. The average molecular weight is 428 g/mol. The number of hydrogen-bond acceptors (Lipinski definition) is 4. The Morgan fingerprint density at radius 3 is 2.38 bits per heavy atom. The maximum absolute atomic E-state index is 13.3. The number of anilines is 1. The van der Waals surface area contributed by atoms with Crippen molar-refractivity contribution >= 4 is 28.5 Å². The number of rotatable bonds is 5. The maximum atomic E-state index is 13.3. The minimum absolute atomic E-state index is 0.173. The summed E-state index contributed by atoms with van der Waals surface area (Å²) < 4.78 is 1.67. The molecule has 7 nitrogen and oxygen atoms in total. The molecule has 7 heteroatoms. The number of para-hydroxylation sites is 1. The molecule has 0 bridgehead atoms. The standard InChI is InChI=1S/C25H25N5O2/c1-15-14-20(22-17(3)29-30(4)23(22)26-15)25(32)28-21-13-9-8-12-19(21)24(31)27-16(2)18-10-6-5-7-11-18/h5-14,16H,1-4H3,(H,27,31)(H,28,32)/t16-/m1/s1. The van der Waals surface area contributed by atoms with Crippen LogP contribution in [0.4, 0.5) is 5.69 Å². The second-order valence-corrected chi connectivity index (χ2v) is 7.82. The van der Waals surface area contributed by atoms with Gasteiger partial charge >= 0.3 is 0 Å². The number of hydrogen-bond donors (Lipinski definition) is 2. The number of aryl methyl sites for hydroxylation is 3. The summed E-state index contributed by atoms with van der Waals surface area (Å²) in [7, 11) is 1.80. The zero-order valence-electron chi connectivity index (χ0n) is 18.5. The number of fused-ring (bicyclic) bond motifs is 1. The van der Waals surface area contributed by atoms with E-state index in [0.29, 0.717) is 33.5 Å². The number of carbonyl (C=O) groups is 2. The molecular weight excluding hydrogens is 402 g/mol. The highest BCUT2D eigenvalue weighted by Crippen LogP contribution is 2.24. The molecule has 32 heavy (non-hydrogen) atoms. The molecule has 2 amide bonds. The Morgan fingerprint density at radius 1 is 0.938 bits per heavy atom. The third kappa shape index (κ3) is 4.09. The van der Waals surface area contributed by atoms with Crippen molar-refractivity contribution < 1.29 is 9.59 Å². The highest BCUT2D eigenvalue weighted by molar-refractivity contribution is 6.14. The average Bonchev–Trinajstić information content (AvgIpc) is 3.07. The van der Waals surface area contributed by atoms with Crippen LogP contribution in [0.15, 0.2) is 60.7 Å². The fourth-order valence-electron chi connectivity index (χ4n) is 3.83. The lowest BCUT2D eigenvalue weighted by molar-refractivity contribution is 0.0940. The lowest BCUT2D eigenvalue weighted by Gasteiger charge is -2.16. The van der Waals surface area contributed by atoms with Gasteiger partial charge in [-0.2, -0.15) is 5.10 Å². The van der Waals surface area contributed by atoms with Crippen LogP contribution in [-0.4, -0.2) is 26.6 Å². The van der Waals surface area contributed by atoms with Gasteiger partial charge in [0.2, 0.25) is 0 Å². The molecule has 4 aromatic rings. The minimum Gasteiger partial charge on any atom is -0.345 e. The predicted octanol–water partition coefficient (Wildman–Crippen LogP) is 4.33.